The van der Waals surface area contributed by atoms with E-state index in [2.05, 4.69) is 10.6 Å². The van der Waals surface area contributed by atoms with Crippen LogP contribution in [0.1, 0.15) is 72.6 Å². The largest absolute Gasteiger partial charge is 0.489 e. The lowest BCUT2D eigenvalue weighted by atomic mass is 9.98. The summed E-state index contributed by atoms with van der Waals surface area (Å²) in [5, 5.41) is 6.55. The topological polar surface area (TPSA) is 183 Å². The third-order valence-corrected chi connectivity index (χ3v) is 10.9. The number of thiazole rings is 1. The molecule has 2 atom stereocenters. The quantitative estimate of drug-likeness (QED) is 0.127. The second-order valence-electron chi connectivity index (χ2n) is 13.5. The average Bonchev–Trinajstić information content (AvgIpc) is 3.73. The Morgan fingerprint density at radius 3 is 2.63 bits per heavy atom. The summed E-state index contributed by atoms with van der Waals surface area (Å²) in [7, 11) is 0. The van der Waals surface area contributed by atoms with Gasteiger partial charge in [-0.05, 0) is 74.2 Å². The molecule has 5 amide bonds. The molecule has 5 aromatic rings. The first kappa shape index (κ1) is 34.8. The Morgan fingerprint density at radius 2 is 1.87 bits per heavy atom. The lowest BCUT2D eigenvalue weighted by Gasteiger charge is -2.27. The molecule has 2 unspecified atom stereocenters. The van der Waals surface area contributed by atoms with E-state index in [1.165, 1.54) is 35.6 Å². The van der Waals surface area contributed by atoms with Crippen LogP contribution in [0.2, 0.25) is 0 Å². The lowest BCUT2D eigenvalue weighted by Crippen LogP contribution is -2.54. The lowest BCUT2D eigenvalue weighted by molar-refractivity contribution is -0.136. The van der Waals surface area contributed by atoms with Crippen LogP contribution in [0.25, 0.3) is 22.2 Å². The van der Waals surface area contributed by atoms with Crippen LogP contribution < -0.4 is 21.1 Å². The molecule has 274 valence electrons. The van der Waals surface area contributed by atoms with E-state index in [-0.39, 0.29) is 54.7 Å². The number of aromatic nitrogens is 2. The maximum Gasteiger partial charge on any atom is 0.264 e. The molecule has 15 heteroatoms. The molecule has 2 aromatic heterocycles. The first-order valence-electron chi connectivity index (χ1n) is 17.4. The van der Waals surface area contributed by atoms with E-state index in [4.69, 9.17) is 15.5 Å². The van der Waals surface area contributed by atoms with E-state index >= 15 is 4.39 Å². The number of nitrogens with one attached hydrogen (secondary N) is 2. The van der Waals surface area contributed by atoms with Crippen molar-refractivity contribution in [2.24, 2.45) is 11.7 Å². The van der Waals surface area contributed by atoms with Gasteiger partial charge in [0.1, 0.15) is 23.6 Å². The predicted octanol–water partition coefficient (Wildman–Crippen LogP) is 4.77. The molecule has 1 aliphatic carbocycles. The van der Waals surface area contributed by atoms with Crippen LogP contribution in [0, 0.1) is 18.7 Å². The number of hydrogen-bond acceptors (Lipinski definition) is 10. The number of piperidine rings is 1. The molecule has 8 rings (SSSR count). The van der Waals surface area contributed by atoms with Gasteiger partial charge in [0.2, 0.25) is 23.6 Å². The highest BCUT2D eigenvalue weighted by atomic mass is 32.1. The number of nitrogens with two attached hydrogens (primary N) is 1. The molecule has 13 nitrogen and oxygen atoms in total. The van der Waals surface area contributed by atoms with Gasteiger partial charge in [0, 0.05) is 46.6 Å². The number of carbonyl (C=O) groups is 6. The highest BCUT2D eigenvalue weighted by Gasteiger charge is 2.45. The van der Waals surface area contributed by atoms with Gasteiger partial charge in [-0.1, -0.05) is 18.2 Å². The SMILES string of the molecule is Cc1sc(C(C(N)=O)c2ccc(F)c(OCCNc3cccc4c3C(=O)N(C3CCC(=O)NC3=O)C4=O)c2)nc1-c1ccc2c(ccn2C(=O)C2CC2)c1. The molecule has 54 heavy (non-hydrogen) atoms. The molecule has 0 radical (unpaired) electrons. The summed E-state index contributed by atoms with van der Waals surface area (Å²) in [4.78, 5) is 82.8. The summed E-state index contributed by atoms with van der Waals surface area (Å²) >= 11 is 1.31. The van der Waals surface area contributed by atoms with Gasteiger partial charge >= 0.3 is 0 Å². The van der Waals surface area contributed by atoms with Gasteiger partial charge in [0.15, 0.2) is 11.6 Å². The number of anilines is 1. The highest BCUT2D eigenvalue weighted by molar-refractivity contribution is 7.12. The molecule has 1 saturated carbocycles. The molecule has 4 N–H and O–H groups in total. The van der Waals surface area contributed by atoms with Crippen molar-refractivity contribution in [3.05, 3.63) is 99.3 Å². The standard InChI is InChI=1S/C39H33FN6O7S/c1-19-33(23-8-10-27-21(17-23)13-15-45(27)37(50)20-5-6-20)44-36(54-19)31(34(41)48)22-7-9-25(40)29(18-22)53-16-14-42-26-4-2-3-24-32(26)39(52)46(38(24)51)28-11-12-30(47)43-35(28)49/h2-4,7-10,13,15,17-18,20,28,31,42H,5-6,11-12,14,16H2,1H3,(H2,41,48)(H,43,47,49). The number of ether oxygens (including phenoxy) is 1. The van der Waals surface area contributed by atoms with Gasteiger partial charge in [-0.3, -0.25) is 43.6 Å². The number of benzene rings is 3. The van der Waals surface area contributed by atoms with Gasteiger partial charge < -0.3 is 15.8 Å². The van der Waals surface area contributed by atoms with Gasteiger partial charge in [-0.25, -0.2) is 9.37 Å². The van der Waals surface area contributed by atoms with Gasteiger partial charge in [0.25, 0.3) is 11.8 Å². The Kier molecular flexibility index (Phi) is 8.80. The maximum atomic E-state index is 15.0. The molecule has 2 fully saturated rings. The molecule has 1 saturated heterocycles. The zero-order valence-corrected chi connectivity index (χ0v) is 29.7. The van der Waals surface area contributed by atoms with Crippen molar-refractivity contribution in [2.75, 3.05) is 18.5 Å². The van der Waals surface area contributed by atoms with Crippen LogP contribution in [0.3, 0.4) is 0 Å². The number of hydrogen-bond donors (Lipinski definition) is 3. The highest BCUT2D eigenvalue weighted by Crippen LogP contribution is 2.38. The summed E-state index contributed by atoms with van der Waals surface area (Å²) in [6.07, 6.45) is 3.66. The van der Waals surface area contributed by atoms with Crippen LogP contribution in [-0.4, -0.2) is 69.1 Å². The van der Waals surface area contributed by atoms with Crippen LogP contribution in [0.15, 0.2) is 66.9 Å². The summed E-state index contributed by atoms with van der Waals surface area (Å²) in [6.45, 7) is 1.92. The fourth-order valence-electron chi connectivity index (χ4n) is 7.06. The van der Waals surface area contributed by atoms with Crippen molar-refractivity contribution in [3.8, 4) is 17.0 Å². The summed E-state index contributed by atoms with van der Waals surface area (Å²) < 4.78 is 22.5. The number of aryl methyl sites for hydroxylation is 1. The third kappa shape index (κ3) is 6.19. The first-order chi connectivity index (χ1) is 26.0. The average molecular weight is 749 g/mol. The smallest absolute Gasteiger partial charge is 0.264 e. The Bertz CT molecular complexity index is 2430. The number of carbonyl (C=O) groups excluding carboxylic acids is 6. The Hall–Kier alpha value is -6.22. The van der Waals surface area contributed by atoms with E-state index in [0.29, 0.717) is 22.0 Å². The van der Waals surface area contributed by atoms with E-state index in [0.717, 1.165) is 39.1 Å². The fraction of sp³-hybridized carbons (Fsp3) is 0.256. The zero-order chi connectivity index (χ0) is 37.8. The minimum atomic E-state index is -1.10. The van der Waals surface area contributed by atoms with Gasteiger partial charge in [-0.15, -0.1) is 11.3 Å². The number of primary amides is 1. The molecular formula is C39H33FN6O7S. The molecule has 0 spiro atoms. The maximum absolute atomic E-state index is 15.0. The molecule has 0 bridgehead atoms. The first-order valence-corrected chi connectivity index (χ1v) is 18.2. The number of fused-ring (bicyclic) bond motifs is 2. The molecule has 2 aliphatic heterocycles. The summed E-state index contributed by atoms with van der Waals surface area (Å²) in [6, 6.07) is 15.3. The summed E-state index contributed by atoms with van der Waals surface area (Å²) in [5.41, 5.74) is 9.12. The van der Waals surface area contributed by atoms with Crippen LogP contribution in [-0.2, 0) is 14.4 Å². The van der Waals surface area contributed by atoms with Gasteiger partial charge in [-0.2, -0.15) is 0 Å². The van der Waals surface area contributed by atoms with Crippen molar-refractivity contribution in [1.29, 1.82) is 0 Å². The Balaban J connectivity index is 0.964. The van der Waals surface area contributed by atoms with Crippen LogP contribution >= 0.6 is 11.3 Å². The number of halogens is 1. The second kappa shape index (κ2) is 13.6. The number of imide groups is 2. The van der Waals surface area contributed by atoms with Crippen molar-refractivity contribution in [3.63, 3.8) is 0 Å². The van der Waals surface area contributed by atoms with E-state index in [9.17, 15) is 28.8 Å². The molecule has 4 heterocycles. The summed E-state index contributed by atoms with van der Waals surface area (Å²) in [5.74, 6) is -4.74. The van der Waals surface area contributed by atoms with E-state index < -0.39 is 47.3 Å². The minimum Gasteiger partial charge on any atom is -0.489 e. The fourth-order valence-corrected chi connectivity index (χ4v) is 8.15. The van der Waals surface area contributed by atoms with E-state index in [1.54, 1.807) is 22.9 Å². The molecular weight excluding hydrogens is 716 g/mol. The third-order valence-electron chi connectivity index (χ3n) is 9.90. The normalized spacial score (nSPS) is 17.4. The van der Waals surface area contributed by atoms with Crippen LogP contribution in [0.5, 0.6) is 5.75 Å². The van der Waals surface area contributed by atoms with Gasteiger partial charge in [0.05, 0.1) is 22.3 Å². The Labute approximate surface area is 311 Å². The Morgan fingerprint density at radius 1 is 1.06 bits per heavy atom. The van der Waals surface area contributed by atoms with E-state index in [1.807, 2.05) is 31.2 Å². The monoisotopic (exact) mass is 748 g/mol. The minimum absolute atomic E-state index is 0.00598. The van der Waals surface area contributed by atoms with Crippen LogP contribution in [0.4, 0.5) is 10.1 Å². The van der Waals surface area contributed by atoms with Crippen molar-refractivity contribution >= 4 is 63.4 Å². The van der Waals surface area contributed by atoms with Crippen molar-refractivity contribution in [1.82, 2.24) is 19.8 Å². The second-order valence-corrected chi connectivity index (χ2v) is 14.7. The van der Waals surface area contributed by atoms with Crippen molar-refractivity contribution < 1.29 is 37.9 Å². The number of amides is 5. The number of nitrogens with zero attached hydrogens (tertiary/aromatic N) is 3. The number of rotatable bonds is 11. The predicted molar refractivity (Wildman–Crippen MR) is 196 cm³/mol. The van der Waals surface area contributed by atoms with Crippen molar-refractivity contribution in [2.45, 2.75) is 44.6 Å². The molecule has 3 aliphatic rings. The molecule has 3 aromatic carbocycles. The zero-order valence-electron chi connectivity index (χ0n) is 28.9.